The Morgan fingerprint density at radius 2 is 1.25 bits per heavy atom. The molecule has 0 spiro atoms. The van der Waals surface area contributed by atoms with Crippen molar-refractivity contribution < 1.29 is 508 Å². The van der Waals surface area contributed by atoms with E-state index < -0.39 is 10.1 Å². The fraction of sp³-hybridized carbons (Fsp3) is 0.450. The first-order chi connectivity index (χ1) is 11.8. The Bertz CT molecular complexity index is 979. The van der Waals surface area contributed by atoms with Crippen LogP contribution in [0.25, 0.3) is 10.8 Å². The maximum absolute atomic E-state index is 11.0. The van der Waals surface area contributed by atoms with Gasteiger partial charge in [-0.15, -0.1) is 0 Å². The summed E-state index contributed by atoms with van der Waals surface area (Å²) in [6.45, 7) is 7.04. The van der Waals surface area contributed by atoms with E-state index in [4.69, 9.17) is 0 Å². The van der Waals surface area contributed by atoms with Crippen molar-refractivity contribution in [3.63, 3.8) is 0 Å². The van der Waals surface area contributed by atoms with Crippen molar-refractivity contribution in [1.82, 2.24) is 0 Å². The smallest absolute Gasteiger partial charge is 0.204 e. The maximum atomic E-state index is 11.0. The van der Waals surface area contributed by atoms with E-state index in [1.807, 2.05) is 12.1 Å². The molecule has 0 atom stereocenters. The zero-order valence-corrected chi connectivity index (χ0v) is 67.0. The minimum atomic E-state index is -4.18. The molecule has 2 aromatic carbocycles. The van der Waals surface area contributed by atoms with Gasteiger partial charge in [-0.1, -0.05) is 13.8 Å². The molecule has 179 valence electrons. The molecule has 0 saturated carbocycles. The Morgan fingerprint density at radius 1 is 0.800 bits per heavy atom. The van der Waals surface area contributed by atoms with Crippen molar-refractivity contribution in [2.75, 3.05) is 12.3 Å². The molecule has 40 heavy (non-hydrogen) atoms. The molecule has 0 aliphatic carbocycles. The third-order valence-electron chi connectivity index (χ3n) is 5.60. The fourth-order valence-electron chi connectivity index (χ4n) is 4.26. The van der Waals surface area contributed by atoms with Crippen LogP contribution in [-0.4, -0.2) is 35.6 Å². The van der Waals surface area contributed by atoms with Crippen LogP contribution in [0.5, 0.6) is 0 Å². The summed E-state index contributed by atoms with van der Waals surface area (Å²) in [5, 5.41) is 2.22. The van der Waals surface area contributed by atoms with Gasteiger partial charge in [-0.2, -0.15) is 10.6 Å². The van der Waals surface area contributed by atoms with Crippen LogP contribution in [0.2, 0.25) is 0 Å². The van der Waals surface area contributed by atoms with Crippen LogP contribution in [0.15, 0.2) is 24.3 Å². The SMILES string of the molecule is CCC1(CC)C(C)=[N+](CCCS(=O)(=O)[O-])c2ccc3c[c-]c[c-]c3c21.[Y].[Y].[Y].[Y].[Y].[Y].[Y].[Y].[Y].[Y].[Y].[Y].[Y].[Y].[Y]. The van der Waals surface area contributed by atoms with E-state index in [1.165, 1.54) is 11.3 Å². The Kier molecular flexibility index (Phi) is 109. The van der Waals surface area contributed by atoms with Gasteiger partial charge in [-0.05, 0) is 18.9 Å². The van der Waals surface area contributed by atoms with Crippen LogP contribution in [0.4, 0.5) is 5.69 Å². The van der Waals surface area contributed by atoms with Gasteiger partial charge in [0, 0.05) is 515 Å². The van der Waals surface area contributed by atoms with Crippen molar-refractivity contribution in [3.8, 4) is 0 Å². The molecule has 0 saturated heterocycles. The second kappa shape index (κ2) is 48.2. The normalized spacial score (nSPS) is 10.3. The summed E-state index contributed by atoms with van der Waals surface area (Å²) in [5.74, 6) is -0.327. The minimum absolute atomic E-state index is 0. The summed E-state index contributed by atoms with van der Waals surface area (Å²) in [5.41, 5.74) is 3.53. The van der Waals surface area contributed by atoms with Gasteiger partial charge >= 0.3 is 0 Å². The minimum Gasteiger partial charge on any atom is -0.748 e. The van der Waals surface area contributed by atoms with Crippen LogP contribution in [-0.2, 0) is 506 Å². The molecular formula is C20H23NO3SY15-2. The first kappa shape index (κ1) is 90.8. The summed E-state index contributed by atoms with van der Waals surface area (Å²) >= 11 is 0. The summed E-state index contributed by atoms with van der Waals surface area (Å²) in [6, 6.07) is 14.4. The van der Waals surface area contributed by atoms with Crippen LogP contribution in [0, 0.1) is 12.1 Å². The summed E-state index contributed by atoms with van der Waals surface area (Å²) < 4.78 is 35.1. The van der Waals surface area contributed by atoms with Crippen molar-refractivity contribution in [2.24, 2.45) is 0 Å². The van der Waals surface area contributed by atoms with E-state index in [2.05, 4.69) is 49.6 Å². The Hall–Kier alpha value is 14.8. The molecule has 2 aromatic rings. The van der Waals surface area contributed by atoms with Gasteiger partial charge in [0.05, 0.1) is 15.5 Å². The topological polar surface area (TPSA) is 60.2 Å². The number of nitrogens with zero attached hydrogens (tertiary/aromatic N) is 1. The van der Waals surface area contributed by atoms with E-state index in [0.29, 0.717) is 13.0 Å². The predicted molar refractivity (Wildman–Crippen MR) is 98.5 cm³/mol. The van der Waals surface area contributed by atoms with Crippen LogP contribution < -0.4 is 0 Å². The number of benzene rings is 2. The first-order valence-corrected chi connectivity index (χ1v) is 10.3. The average Bonchev–Trinajstić information content (AvgIpc) is 2.83. The molecular weight excluding hydrogens is 1670 g/mol. The van der Waals surface area contributed by atoms with Crippen molar-refractivity contribution in [3.05, 3.63) is 42.0 Å². The molecule has 1 aliphatic rings. The largest absolute Gasteiger partial charge is 0.748 e. The van der Waals surface area contributed by atoms with E-state index in [9.17, 15) is 13.0 Å². The Balaban J connectivity index is -0.0000000442. The molecule has 0 unspecified atom stereocenters. The van der Waals surface area contributed by atoms with Crippen molar-refractivity contribution >= 4 is 32.3 Å². The molecule has 1 heterocycles. The number of fused-ring (bicyclic) bond motifs is 3. The molecule has 1 aliphatic heterocycles. The van der Waals surface area contributed by atoms with Gasteiger partial charge in [-0.25, -0.2) is 19.2 Å². The molecule has 3 rings (SSSR count). The van der Waals surface area contributed by atoms with Gasteiger partial charge in [0.1, 0.15) is 6.54 Å². The van der Waals surface area contributed by atoms with Gasteiger partial charge in [0.25, 0.3) is 0 Å². The monoisotopic (exact) mass is 1690 g/mol. The molecule has 15 radical (unpaired) electrons. The van der Waals surface area contributed by atoms with Crippen molar-refractivity contribution in [2.45, 2.75) is 45.4 Å². The standard InChI is InChI=1S/C20H24NO3S.15Y/c1-4-20(5-2)15(3)21(13-8-14-25(22,23)24)18-12-11-16-9-6-7-10-17(16)19(18)20;;;;;;;;;;;;;;;/h7,9,11-12H,4-5,8,13-14H2,1-3H3,(H,22,23,24);;;;;;;;;;;;;;;/q-1;;;;;;;;;;;;;;;/p-1. The summed E-state index contributed by atoms with van der Waals surface area (Å²) in [6.07, 6.45) is 2.25. The first-order valence-electron chi connectivity index (χ1n) is 8.74. The number of rotatable bonds is 6. The van der Waals surface area contributed by atoms with E-state index in [0.717, 1.165) is 29.3 Å². The third-order valence-corrected chi connectivity index (χ3v) is 6.39. The van der Waals surface area contributed by atoms with Crippen molar-refractivity contribution in [1.29, 1.82) is 0 Å². The fourth-order valence-corrected chi connectivity index (χ4v) is 4.74. The van der Waals surface area contributed by atoms with E-state index in [1.54, 1.807) is 0 Å². The second-order valence-electron chi connectivity index (χ2n) is 6.67. The summed E-state index contributed by atoms with van der Waals surface area (Å²) in [4.78, 5) is 0. The van der Waals surface area contributed by atoms with Crippen LogP contribution in [0.1, 0.15) is 45.6 Å². The zero-order valence-electron chi connectivity index (χ0n) is 23.6. The molecule has 0 aromatic heterocycles. The van der Waals surface area contributed by atoms with Gasteiger partial charge in [0.15, 0.2) is 5.71 Å². The molecule has 0 amide bonds. The average molecular weight is 1690 g/mol. The molecule has 0 N–H and O–H groups in total. The number of hydrogen-bond donors (Lipinski definition) is 0. The Morgan fingerprint density at radius 3 is 1.65 bits per heavy atom. The molecule has 4 nitrogen and oxygen atoms in total. The van der Waals surface area contributed by atoms with E-state index in [-0.39, 0.29) is 502 Å². The number of hydrogen-bond acceptors (Lipinski definition) is 3. The predicted octanol–water partition coefficient (Wildman–Crippen LogP) is 3.51. The van der Waals surface area contributed by atoms with Gasteiger partial charge in [0.2, 0.25) is 5.69 Å². The van der Waals surface area contributed by atoms with Crippen LogP contribution >= 0.6 is 0 Å². The zero-order chi connectivity index (χ0) is 18.2. The Labute approximate surface area is 620 Å². The molecule has 0 fully saturated rings. The van der Waals surface area contributed by atoms with Gasteiger partial charge in [-0.3, -0.25) is 6.07 Å². The van der Waals surface area contributed by atoms with Gasteiger partial charge < -0.3 is 22.8 Å². The van der Waals surface area contributed by atoms with Crippen LogP contribution in [0.3, 0.4) is 0 Å². The van der Waals surface area contributed by atoms with E-state index >= 15 is 0 Å². The molecule has 0 bridgehead atoms. The second-order valence-corrected chi connectivity index (χ2v) is 8.19. The third kappa shape index (κ3) is 27.5. The molecule has 20 heteroatoms. The summed E-state index contributed by atoms with van der Waals surface area (Å²) in [7, 11) is -4.18. The quantitative estimate of drug-likeness (QED) is 0.253. The maximum Gasteiger partial charge on any atom is 0.204 e.